The van der Waals surface area contributed by atoms with Crippen LogP contribution < -0.4 is 0 Å². The Morgan fingerprint density at radius 3 is 2.46 bits per heavy atom. The zero-order chi connectivity index (χ0) is 18.5. The van der Waals surface area contributed by atoms with Gasteiger partial charge in [0.2, 0.25) is 0 Å². The molecule has 0 radical (unpaired) electrons. The number of carbonyl (C=O) groups is 1. The van der Waals surface area contributed by atoms with E-state index in [9.17, 15) is 9.90 Å². The number of benzene rings is 1. The molecule has 1 aromatic carbocycles. The molecule has 0 spiro atoms. The summed E-state index contributed by atoms with van der Waals surface area (Å²) >= 11 is 0. The largest absolute Gasteiger partial charge is 0.508 e. The summed E-state index contributed by atoms with van der Waals surface area (Å²) in [6.45, 7) is 15.7. The van der Waals surface area contributed by atoms with Crippen LogP contribution in [0.15, 0.2) is 42.0 Å². The van der Waals surface area contributed by atoms with E-state index in [1.54, 1.807) is 36.6 Å². The van der Waals surface area contributed by atoms with E-state index >= 15 is 0 Å². The molecule has 0 heterocycles. The lowest BCUT2D eigenvalue weighted by atomic mass is 10.2. The fraction of sp³-hybridized carbons (Fsp3) is 0.444. The molecule has 6 heteroatoms. The summed E-state index contributed by atoms with van der Waals surface area (Å²) in [7, 11) is -1.79. The van der Waals surface area contributed by atoms with E-state index < -0.39 is 19.8 Å². The van der Waals surface area contributed by atoms with E-state index in [4.69, 9.17) is 4.74 Å². The number of phenols is 1. The molecule has 1 amide bonds. The van der Waals surface area contributed by atoms with Crippen molar-refractivity contribution in [3.05, 3.63) is 42.5 Å². The van der Waals surface area contributed by atoms with Crippen LogP contribution >= 0.6 is 0 Å². The molecule has 0 saturated carbocycles. The van der Waals surface area contributed by atoms with Gasteiger partial charge < -0.3 is 9.84 Å². The highest BCUT2D eigenvalue weighted by Crippen LogP contribution is 2.20. The first kappa shape index (κ1) is 20.0. The van der Waals surface area contributed by atoms with Crippen molar-refractivity contribution in [3.63, 3.8) is 0 Å². The molecular formula is C18H28N2O3Si. The van der Waals surface area contributed by atoms with E-state index in [0.717, 1.165) is 0 Å². The number of ether oxygens (including phenoxy) is 1. The normalized spacial score (nSPS) is 13.6. The molecule has 0 fully saturated rings. The van der Waals surface area contributed by atoms with E-state index in [1.165, 1.54) is 5.01 Å². The molecule has 5 nitrogen and oxygen atoms in total. The van der Waals surface area contributed by atoms with Crippen molar-refractivity contribution in [2.45, 2.75) is 51.7 Å². The van der Waals surface area contributed by atoms with Crippen LogP contribution in [-0.4, -0.2) is 41.8 Å². The van der Waals surface area contributed by atoms with Gasteiger partial charge in [-0.1, -0.05) is 37.8 Å². The Labute approximate surface area is 145 Å². The summed E-state index contributed by atoms with van der Waals surface area (Å²) in [6, 6.07) is 6.68. The van der Waals surface area contributed by atoms with Crippen LogP contribution in [0.1, 0.15) is 26.3 Å². The van der Waals surface area contributed by atoms with Crippen LogP contribution in [0, 0.1) is 0 Å². The van der Waals surface area contributed by atoms with Crippen molar-refractivity contribution in [1.82, 2.24) is 5.01 Å². The maximum Gasteiger partial charge on any atom is 0.431 e. The van der Waals surface area contributed by atoms with Crippen LogP contribution in [0.25, 0.3) is 0 Å². The number of carbonyl (C=O) groups excluding carboxylic acids is 1. The van der Waals surface area contributed by atoms with Gasteiger partial charge in [0.15, 0.2) is 0 Å². The predicted molar refractivity (Wildman–Crippen MR) is 101 cm³/mol. The van der Waals surface area contributed by atoms with E-state index in [-0.39, 0.29) is 11.4 Å². The minimum absolute atomic E-state index is 0.147. The molecule has 0 aliphatic heterocycles. The zero-order valence-corrected chi connectivity index (χ0v) is 16.4. The number of rotatable bonds is 5. The highest BCUT2D eigenvalue weighted by atomic mass is 28.3. The van der Waals surface area contributed by atoms with Crippen molar-refractivity contribution < 1.29 is 14.6 Å². The topological polar surface area (TPSA) is 62.1 Å². The minimum Gasteiger partial charge on any atom is -0.508 e. The third-order valence-corrected chi connectivity index (χ3v) is 5.41. The SMILES string of the molecule is C=CC(N(/N=C/c1cccc(O)c1)C(=O)OC(C)(C)C)[Si](C)(C)C. The van der Waals surface area contributed by atoms with Gasteiger partial charge in [0.25, 0.3) is 0 Å². The van der Waals surface area contributed by atoms with Crippen molar-refractivity contribution >= 4 is 20.4 Å². The van der Waals surface area contributed by atoms with Gasteiger partial charge in [-0.05, 0) is 38.5 Å². The lowest BCUT2D eigenvalue weighted by molar-refractivity contribution is 0.0248. The summed E-state index contributed by atoms with van der Waals surface area (Å²) in [5.74, 6) is 0.147. The first-order chi connectivity index (χ1) is 10.9. The maximum absolute atomic E-state index is 12.6. The number of hydrogen-bond acceptors (Lipinski definition) is 4. The van der Waals surface area contributed by atoms with Gasteiger partial charge in [-0.2, -0.15) is 10.1 Å². The van der Waals surface area contributed by atoms with Gasteiger partial charge in [-0.25, -0.2) is 4.79 Å². The second kappa shape index (κ2) is 7.66. The molecule has 0 aromatic heterocycles. The van der Waals surface area contributed by atoms with Crippen LogP contribution in [0.4, 0.5) is 4.79 Å². The van der Waals surface area contributed by atoms with E-state index in [0.29, 0.717) is 5.56 Å². The Bertz CT molecular complexity index is 615. The summed E-state index contributed by atoms with van der Waals surface area (Å²) in [4.78, 5) is 12.6. The second-order valence-electron chi connectivity index (χ2n) is 7.71. The highest BCUT2D eigenvalue weighted by Gasteiger charge is 2.35. The van der Waals surface area contributed by atoms with Gasteiger partial charge in [0, 0.05) is 0 Å². The lowest BCUT2D eigenvalue weighted by Crippen LogP contribution is -2.51. The minimum atomic E-state index is -1.79. The van der Waals surface area contributed by atoms with Gasteiger partial charge in [0.05, 0.1) is 20.0 Å². The number of amides is 1. The van der Waals surface area contributed by atoms with Crippen molar-refractivity contribution in [1.29, 1.82) is 0 Å². The summed E-state index contributed by atoms with van der Waals surface area (Å²) in [5, 5.41) is 15.2. The monoisotopic (exact) mass is 348 g/mol. The van der Waals surface area contributed by atoms with Gasteiger partial charge in [-0.3, -0.25) is 0 Å². The Morgan fingerprint density at radius 2 is 2.00 bits per heavy atom. The molecular weight excluding hydrogens is 320 g/mol. The van der Waals surface area contributed by atoms with Crippen molar-refractivity contribution in [3.8, 4) is 5.75 Å². The van der Waals surface area contributed by atoms with Crippen LogP contribution in [0.3, 0.4) is 0 Å². The number of hydrogen-bond donors (Lipinski definition) is 1. The molecule has 1 aromatic rings. The van der Waals surface area contributed by atoms with Gasteiger partial charge in [-0.15, -0.1) is 6.58 Å². The van der Waals surface area contributed by atoms with E-state index in [2.05, 4.69) is 31.3 Å². The Kier molecular flexibility index (Phi) is 6.37. The first-order valence-electron chi connectivity index (χ1n) is 7.92. The highest BCUT2D eigenvalue weighted by molar-refractivity contribution is 6.78. The molecule has 0 aliphatic rings. The average Bonchev–Trinajstić information content (AvgIpc) is 2.39. The van der Waals surface area contributed by atoms with E-state index in [1.807, 2.05) is 20.8 Å². The Balaban J connectivity index is 3.17. The van der Waals surface area contributed by atoms with Gasteiger partial charge >= 0.3 is 6.09 Å². The standard InChI is InChI=1S/C18H28N2O3Si/c1-8-16(24(5,6)7)20(17(22)23-18(2,3)4)19-13-14-10-9-11-15(21)12-14/h8-13,16,21H,1H2,2-7H3/b19-13+. The second-order valence-corrected chi connectivity index (χ2v) is 13.0. The number of phenolic OH excluding ortho intramolecular Hbond substituents is 1. The summed E-state index contributed by atoms with van der Waals surface area (Å²) in [5.41, 5.74) is -0.121. The van der Waals surface area contributed by atoms with Gasteiger partial charge in [0.1, 0.15) is 11.4 Å². The summed E-state index contributed by atoms with van der Waals surface area (Å²) < 4.78 is 5.49. The molecule has 132 valence electrons. The average molecular weight is 349 g/mol. The van der Waals surface area contributed by atoms with Crippen LogP contribution in [0.2, 0.25) is 19.6 Å². The Hall–Kier alpha value is -2.08. The molecule has 1 atom stereocenters. The van der Waals surface area contributed by atoms with Crippen LogP contribution in [0.5, 0.6) is 5.75 Å². The smallest absolute Gasteiger partial charge is 0.431 e. The Morgan fingerprint density at radius 1 is 1.38 bits per heavy atom. The van der Waals surface area contributed by atoms with Crippen molar-refractivity contribution in [2.24, 2.45) is 5.10 Å². The quantitative estimate of drug-likeness (QED) is 0.371. The predicted octanol–water partition coefficient (Wildman–Crippen LogP) is 4.40. The molecule has 1 N–H and O–H groups in total. The first-order valence-corrected chi connectivity index (χ1v) is 11.5. The third kappa shape index (κ3) is 6.20. The number of aromatic hydroxyl groups is 1. The molecule has 24 heavy (non-hydrogen) atoms. The summed E-state index contributed by atoms with van der Waals surface area (Å²) in [6.07, 6.45) is 2.78. The molecule has 1 rings (SSSR count). The fourth-order valence-corrected chi connectivity index (χ4v) is 3.71. The molecule has 0 saturated heterocycles. The molecule has 0 bridgehead atoms. The number of hydrazone groups is 1. The fourth-order valence-electron chi connectivity index (χ4n) is 2.10. The maximum atomic E-state index is 12.6. The van der Waals surface area contributed by atoms with Crippen molar-refractivity contribution in [2.75, 3.05) is 0 Å². The number of nitrogens with zero attached hydrogens (tertiary/aromatic N) is 2. The lowest BCUT2D eigenvalue weighted by Gasteiger charge is -2.34. The molecule has 1 unspecified atom stereocenters. The molecule has 0 aliphatic carbocycles. The third-order valence-electron chi connectivity index (χ3n) is 3.16. The van der Waals surface area contributed by atoms with Crippen LogP contribution in [-0.2, 0) is 4.74 Å². The zero-order valence-electron chi connectivity index (χ0n) is 15.4.